The molecule has 0 aliphatic carbocycles. The number of hydrogen-bond donors (Lipinski definition) is 1. The fourth-order valence-electron chi connectivity index (χ4n) is 2.21. The van der Waals surface area contributed by atoms with E-state index in [9.17, 15) is 14.0 Å². The molecule has 1 unspecified atom stereocenters. The highest BCUT2D eigenvalue weighted by atomic mass is 79.9. The highest BCUT2D eigenvalue weighted by Gasteiger charge is 2.40. The summed E-state index contributed by atoms with van der Waals surface area (Å²) in [5, 5.41) is 2.72. The summed E-state index contributed by atoms with van der Waals surface area (Å²) in [4.78, 5) is 25.7. The lowest BCUT2D eigenvalue weighted by Crippen LogP contribution is -2.55. The van der Waals surface area contributed by atoms with Gasteiger partial charge >= 0.3 is 0 Å². The molecule has 0 saturated carbocycles. The van der Waals surface area contributed by atoms with Crippen LogP contribution in [-0.2, 0) is 9.59 Å². The molecule has 1 saturated heterocycles. The van der Waals surface area contributed by atoms with E-state index < -0.39 is 11.4 Å². The number of hydrogen-bond acceptors (Lipinski definition) is 2. The second kappa shape index (κ2) is 5.52. The van der Waals surface area contributed by atoms with Crippen LogP contribution in [0.4, 0.5) is 10.1 Å². The molecule has 2 rings (SSSR count). The fraction of sp³-hybridized carbons (Fsp3) is 0.429. The largest absolute Gasteiger partial charge is 0.342 e. The van der Waals surface area contributed by atoms with Gasteiger partial charge in [-0.05, 0) is 31.5 Å². The Hall–Kier alpha value is -1.43. The first-order chi connectivity index (χ1) is 9.37. The summed E-state index contributed by atoms with van der Waals surface area (Å²) in [5.74, 6) is -0.963. The monoisotopic (exact) mass is 342 g/mol. The highest BCUT2D eigenvalue weighted by Crippen LogP contribution is 2.27. The number of amides is 2. The summed E-state index contributed by atoms with van der Waals surface area (Å²) < 4.78 is 14.7. The fourth-order valence-corrected chi connectivity index (χ4v) is 2.54. The van der Waals surface area contributed by atoms with E-state index in [0.717, 1.165) is 0 Å². The lowest BCUT2D eigenvalue weighted by molar-refractivity contribution is -0.129. The van der Waals surface area contributed by atoms with Gasteiger partial charge in [-0.3, -0.25) is 9.59 Å². The van der Waals surface area contributed by atoms with Gasteiger partial charge in [0.05, 0.1) is 5.69 Å². The molecule has 2 amide bonds. The van der Waals surface area contributed by atoms with Gasteiger partial charge in [-0.2, -0.15) is 0 Å². The van der Waals surface area contributed by atoms with E-state index in [0.29, 0.717) is 10.9 Å². The van der Waals surface area contributed by atoms with Crippen molar-refractivity contribution in [1.82, 2.24) is 5.32 Å². The predicted octanol–water partition coefficient (Wildman–Crippen LogP) is 2.61. The Balaban J connectivity index is 2.44. The quantitative estimate of drug-likeness (QED) is 0.898. The number of nitrogens with one attached hydrogen (secondary N) is 1. The number of anilines is 1. The number of carbonyl (C=O) groups is 2. The molecule has 1 aromatic carbocycles. The minimum Gasteiger partial charge on any atom is -0.342 e. The first-order valence-corrected chi connectivity index (χ1v) is 7.24. The molecule has 6 heteroatoms. The molecule has 0 bridgehead atoms. The SMILES string of the molecule is CCC1(C)NC(=O)CCN(c2ccc(Br)cc2F)C1=O. The van der Waals surface area contributed by atoms with Crippen LogP contribution in [0.3, 0.4) is 0 Å². The van der Waals surface area contributed by atoms with E-state index in [1.165, 1.54) is 11.0 Å². The van der Waals surface area contributed by atoms with Crippen LogP contribution in [-0.4, -0.2) is 23.9 Å². The molecule has 1 atom stereocenters. The van der Waals surface area contributed by atoms with Crippen LogP contribution in [0, 0.1) is 5.82 Å². The summed E-state index contributed by atoms with van der Waals surface area (Å²) in [6, 6.07) is 4.53. The Bertz CT molecular complexity index is 564. The first-order valence-electron chi connectivity index (χ1n) is 6.45. The Morgan fingerprint density at radius 3 is 2.75 bits per heavy atom. The molecule has 1 N–H and O–H groups in total. The van der Waals surface area contributed by atoms with Crippen molar-refractivity contribution >= 4 is 33.4 Å². The minimum atomic E-state index is -0.993. The van der Waals surface area contributed by atoms with Crippen molar-refractivity contribution < 1.29 is 14.0 Å². The highest BCUT2D eigenvalue weighted by molar-refractivity contribution is 9.10. The smallest absolute Gasteiger partial charge is 0.252 e. The third-order valence-electron chi connectivity index (χ3n) is 3.60. The lowest BCUT2D eigenvalue weighted by Gasteiger charge is -2.31. The average Bonchev–Trinajstić information content (AvgIpc) is 2.50. The number of rotatable bonds is 2. The average molecular weight is 343 g/mol. The molecule has 4 nitrogen and oxygen atoms in total. The molecule has 20 heavy (non-hydrogen) atoms. The van der Waals surface area contributed by atoms with Gasteiger partial charge < -0.3 is 10.2 Å². The van der Waals surface area contributed by atoms with Crippen molar-refractivity contribution in [2.24, 2.45) is 0 Å². The maximum absolute atomic E-state index is 14.1. The molecule has 0 aromatic heterocycles. The molecule has 1 aliphatic heterocycles. The standard InChI is InChI=1S/C14H16BrFN2O2/c1-3-14(2)13(20)18(7-6-12(19)17-14)11-5-4-9(15)8-10(11)16/h4-5,8H,3,6-7H2,1-2H3,(H,17,19). The lowest BCUT2D eigenvalue weighted by atomic mass is 9.97. The Kier molecular flexibility index (Phi) is 4.13. The molecular weight excluding hydrogens is 327 g/mol. The van der Waals surface area contributed by atoms with E-state index in [2.05, 4.69) is 21.2 Å². The predicted molar refractivity (Wildman–Crippen MR) is 77.9 cm³/mol. The molecule has 1 fully saturated rings. The topological polar surface area (TPSA) is 49.4 Å². The maximum atomic E-state index is 14.1. The van der Waals surface area contributed by atoms with Crippen LogP contribution in [0.25, 0.3) is 0 Å². The summed E-state index contributed by atoms with van der Waals surface area (Å²) in [7, 11) is 0. The van der Waals surface area contributed by atoms with E-state index in [1.54, 1.807) is 19.1 Å². The molecule has 1 aliphatic rings. The van der Waals surface area contributed by atoms with Crippen LogP contribution < -0.4 is 10.2 Å². The van der Waals surface area contributed by atoms with E-state index in [-0.39, 0.29) is 30.5 Å². The zero-order chi connectivity index (χ0) is 14.9. The summed E-state index contributed by atoms with van der Waals surface area (Å²) >= 11 is 3.19. The Labute approximate surface area is 125 Å². The Morgan fingerprint density at radius 1 is 1.45 bits per heavy atom. The van der Waals surface area contributed by atoms with Crippen LogP contribution in [0.1, 0.15) is 26.7 Å². The third-order valence-corrected chi connectivity index (χ3v) is 4.10. The van der Waals surface area contributed by atoms with E-state index >= 15 is 0 Å². The second-order valence-corrected chi connectivity index (χ2v) is 5.95. The van der Waals surface area contributed by atoms with Crippen molar-refractivity contribution in [3.05, 3.63) is 28.5 Å². The van der Waals surface area contributed by atoms with Gasteiger partial charge in [-0.15, -0.1) is 0 Å². The van der Waals surface area contributed by atoms with E-state index in [4.69, 9.17) is 0 Å². The van der Waals surface area contributed by atoms with Crippen molar-refractivity contribution in [2.75, 3.05) is 11.4 Å². The zero-order valence-corrected chi connectivity index (χ0v) is 13.0. The number of nitrogens with zero attached hydrogens (tertiary/aromatic N) is 1. The van der Waals surface area contributed by atoms with Crippen LogP contribution in [0.5, 0.6) is 0 Å². The normalized spacial score (nSPS) is 23.5. The molecule has 108 valence electrons. The van der Waals surface area contributed by atoms with Crippen molar-refractivity contribution in [1.29, 1.82) is 0 Å². The molecule has 0 spiro atoms. The van der Waals surface area contributed by atoms with Crippen molar-refractivity contribution in [3.8, 4) is 0 Å². The van der Waals surface area contributed by atoms with Gasteiger partial charge in [0.25, 0.3) is 5.91 Å². The van der Waals surface area contributed by atoms with Gasteiger partial charge in [-0.25, -0.2) is 4.39 Å². The third kappa shape index (κ3) is 2.70. The molecule has 1 aromatic rings. The summed E-state index contributed by atoms with van der Waals surface area (Å²) in [6.45, 7) is 3.67. The van der Waals surface area contributed by atoms with Crippen LogP contribution >= 0.6 is 15.9 Å². The second-order valence-electron chi connectivity index (χ2n) is 5.04. The molecule has 1 heterocycles. The maximum Gasteiger partial charge on any atom is 0.252 e. The van der Waals surface area contributed by atoms with Gasteiger partial charge in [-0.1, -0.05) is 22.9 Å². The van der Waals surface area contributed by atoms with Gasteiger partial charge in [0.1, 0.15) is 11.4 Å². The zero-order valence-electron chi connectivity index (χ0n) is 11.4. The minimum absolute atomic E-state index is 0.164. The van der Waals surface area contributed by atoms with Crippen molar-refractivity contribution in [3.63, 3.8) is 0 Å². The van der Waals surface area contributed by atoms with Crippen molar-refractivity contribution in [2.45, 2.75) is 32.2 Å². The molecule has 0 radical (unpaired) electrons. The molecular formula is C14H16BrFN2O2. The number of carbonyl (C=O) groups excluding carboxylic acids is 2. The van der Waals surface area contributed by atoms with Gasteiger partial charge in [0, 0.05) is 17.4 Å². The Morgan fingerprint density at radius 2 is 2.15 bits per heavy atom. The summed E-state index contributed by atoms with van der Waals surface area (Å²) in [5.41, 5.74) is -0.790. The van der Waals surface area contributed by atoms with Crippen LogP contribution in [0.2, 0.25) is 0 Å². The van der Waals surface area contributed by atoms with Crippen LogP contribution in [0.15, 0.2) is 22.7 Å². The first kappa shape index (κ1) is 15.0. The number of benzene rings is 1. The van der Waals surface area contributed by atoms with Gasteiger partial charge in [0.15, 0.2) is 0 Å². The van der Waals surface area contributed by atoms with Gasteiger partial charge in [0.2, 0.25) is 5.91 Å². The summed E-state index contributed by atoms with van der Waals surface area (Å²) in [6.07, 6.45) is 0.614. The number of halogens is 2. The van der Waals surface area contributed by atoms with E-state index in [1.807, 2.05) is 6.92 Å².